The van der Waals surface area contributed by atoms with Gasteiger partial charge in [-0.25, -0.2) is 4.98 Å². The van der Waals surface area contributed by atoms with Gasteiger partial charge in [0.25, 0.3) is 5.91 Å². The second-order valence-electron chi connectivity index (χ2n) is 6.93. The van der Waals surface area contributed by atoms with Crippen LogP contribution in [-0.2, 0) is 4.79 Å². The number of hydrogen-bond donors (Lipinski definition) is 1. The molecule has 3 heterocycles. The van der Waals surface area contributed by atoms with E-state index < -0.39 is 0 Å². The van der Waals surface area contributed by atoms with Gasteiger partial charge in [-0.3, -0.25) is 14.0 Å². The maximum atomic E-state index is 12.7. The van der Waals surface area contributed by atoms with Crippen LogP contribution < -0.4 is 10.2 Å². The van der Waals surface area contributed by atoms with Gasteiger partial charge in [0.05, 0.1) is 12.1 Å². The number of amides is 2. The van der Waals surface area contributed by atoms with E-state index >= 15 is 0 Å². The minimum Gasteiger partial charge on any atom is -0.368 e. The average molecular weight is 444 g/mol. The van der Waals surface area contributed by atoms with Crippen molar-refractivity contribution in [1.29, 1.82) is 0 Å². The zero-order valence-corrected chi connectivity index (χ0v) is 18.1. The van der Waals surface area contributed by atoms with E-state index in [0.29, 0.717) is 23.8 Å². The molecule has 1 saturated heterocycles. The van der Waals surface area contributed by atoms with E-state index in [0.717, 1.165) is 29.5 Å². The maximum Gasteiger partial charge on any atom is 0.272 e. The number of halogens is 1. The number of anilines is 1. The predicted molar refractivity (Wildman–Crippen MR) is 120 cm³/mol. The van der Waals surface area contributed by atoms with Gasteiger partial charge in [-0.1, -0.05) is 29.4 Å². The summed E-state index contributed by atoms with van der Waals surface area (Å²) in [4.78, 5) is 33.7. The topological polar surface area (TPSA) is 70.0 Å². The first-order chi connectivity index (χ1) is 14.6. The molecular formula is C21H22ClN5O2S. The Kier molecular flexibility index (Phi) is 6.15. The summed E-state index contributed by atoms with van der Waals surface area (Å²) in [6.07, 6.45) is 3.78. The van der Waals surface area contributed by atoms with Crippen molar-refractivity contribution in [1.82, 2.24) is 19.6 Å². The Balaban J connectivity index is 1.33. The Hall–Kier alpha value is -2.71. The van der Waals surface area contributed by atoms with Crippen LogP contribution in [0.25, 0.3) is 5.52 Å². The van der Waals surface area contributed by atoms with Crippen molar-refractivity contribution in [2.45, 2.75) is 5.16 Å². The fourth-order valence-corrected chi connectivity index (χ4v) is 4.20. The lowest BCUT2D eigenvalue weighted by molar-refractivity contribution is -0.130. The molecule has 1 fully saturated rings. The van der Waals surface area contributed by atoms with Crippen molar-refractivity contribution in [3.05, 3.63) is 59.4 Å². The third-order valence-corrected chi connectivity index (χ3v) is 6.04. The van der Waals surface area contributed by atoms with Crippen molar-refractivity contribution in [3.8, 4) is 0 Å². The molecule has 156 valence electrons. The summed E-state index contributed by atoms with van der Waals surface area (Å²) >= 11 is 7.42. The van der Waals surface area contributed by atoms with Gasteiger partial charge in [-0.2, -0.15) is 0 Å². The SMILES string of the molecule is CSc1nc(C(=O)NCC(=O)N2CCN(c3ccc(Cl)cc3)CC2)c2ccccn12. The van der Waals surface area contributed by atoms with Crippen molar-refractivity contribution in [2.75, 3.05) is 43.9 Å². The number of nitrogens with zero attached hydrogens (tertiary/aromatic N) is 4. The van der Waals surface area contributed by atoms with E-state index in [-0.39, 0.29) is 18.4 Å². The number of nitrogens with one attached hydrogen (secondary N) is 1. The molecule has 1 aliphatic rings. The van der Waals surface area contributed by atoms with E-state index in [1.807, 2.05) is 59.3 Å². The minimum atomic E-state index is -0.341. The molecule has 2 amide bonds. The molecule has 0 radical (unpaired) electrons. The van der Waals surface area contributed by atoms with Crippen LogP contribution in [0.2, 0.25) is 5.02 Å². The number of imidazole rings is 1. The summed E-state index contributed by atoms with van der Waals surface area (Å²) in [6.45, 7) is 2.66. The number of hydrogen-bond acceptors (Lipinski definition) is 5. The summed E-state index contributed by atoms with van der Waals surface area (Å²) in [5.41, 5.74) is 2.15. The van der Waals surface area contributed by atoms with E-state index in [1.165, 1.54) is 11.8 Å². The van der Waals surface area contributed by atoms with Crippen molar-refractivity contribution >= 4 is 46.4 Å². The van der Waals surface area contributed by atoms with Gasteiger partial charge in [0.2, 0.25) is 5.91 Å². The maximum absolute atomic E-state index is 12.7. The van der Waals surface area contributed by atoms with Gasteiger partial charge in [-0.05, 0) is 42.7 Å². The molecule has 1 aromatic carbocycles. The number of fused-ring (bicyclic) bond motifs is 1. The molecule has 3 aromatic rings. The van der Waals surface area contributed by atoms with Crippen LogP contribution in [0.5, 0.6) is 0 Å². The van der Waals surface area contributed by atoms with Crippen LogP contribution in [-0.4, -0.2) is 65.1 Å². The number of carbonyl (C=O) groups excluding carboxylic acids is 2. The van der Waals surface area contributed by atoms with Crippen molar-refractivity contribution < 1.29 is 9.59 Å². The van der Waals surface area contributed by atoms with Crippen molar-refractivity contribution in [3.63, 3.8) is 0 Å². The molecule has 0 bridgehead atoms. The Labute approximate surface area is 184 Å². The van der Waals surface area contributed by atoms with Gasteiger partial charge in [0, 0.05) is 43.1 Å². The highest BCUT2D eigenvalue weighted by Gasteiger charge is 2.23. The second-order valence-corrected chi connectivity index (χ2v) is 8.14. The third kappa shape index (κ3) is 4.24. The Bertz CT molecular complexity index is 1060. The molecule has 0 unspecified atom stereocenters. The van der Waals surface area contributed by atoms with Gasteiger partial charge < -0.3 is 15.1 Å². The Morgan fingerprint density at radius 2 is 1.83 bits per heavy atom. The lowest BCUT2D eigenvalue weighted by Crippen LogP contribution is -2.51. The first kappa shape index (κ1) is 20.6. The summed E-state index contributed by atoms with van der Waals surface area (Å²) in [5, 5.41) is 4.17. The van der Waals surface area contributed by atoms with Crippen LogP contribution in [0.3, 0.4) is 0 Å². The predicted octanol–water partition coefficient (Wildman–Crippen LogP) is 2.79. The first-order valence-electron chi connectivity index (χ1n) is 9.64. The second kappa shape index (κ2) is 8.97. The highest BCUT2D eigenvalue weighted by molar-refractivity contribution is 7.98. The van der Waals surface area contributed by atoms with Gasteiger partial charge in [0.1, 0.15) is 0 Å². The molecule has 0 saturated carbocycles. The highest BCUT2D eigenvalue weighted by Crippen LogP contribution is 2.21. The molecule has 1 aliphatic heterocycles. The molecule has 0 spiro atoms. The average Bonchev–Trinajstić information content (AvgIpc) is 3.17. The first-order valence-corrected chi connectivity index (χ1v) is 11.2. The lowest BCUT2D eigenvalue weighted by atomic mass is 10.2. The zero-order valence-electron chi connectivity index (χ0n) is 16.5. The number of aromatic nitrogens is 2. The largest absolute Gasteiger partial charge is 0.368 e. The number of benzene rings is 1. The number of carbonyl (C=O) groups is 2. The molecule has 2 aromatic heterocycles. The van der Waals surface area contributed by atoms with E-state index in [4.69, 9.17) is 11.6 Å². The molecule has 7 nitrogen and oxygen atoms in total. The van der Waals surface area contributed by atoms with Crippen LogP contribution >= 0.6 is 23.4 Å². The fourth-order valence-electron chi connectivity index (χ4n) is 3.54. The number of piperazine rings is 1. The zero-order chi connectivity index (χ0) is 21.1. The molecule has 4 rings (SSSR count). The molecule has 0 aliphatic carbocycles. The molecule has 0 atom stereocenters. The molecule has 30 heavy (non-hydrogen) atoms. The van der Waals surface area contributed by atoms with Crippen LogP contribution in [0.1, 0.15) is 10.5 Å². The monoisotopic (exact) mass is 443 g/mol. The molecule has 9 heteroatoms. The van der Waals surface area contributed by atoms with Gasteiger partial charge >= 0.3 is 0 Å². The summed E-state index contributed by atoms with van der Waals surface area (Å²) in [7, 11) is 0. The summed E-state index contributed by atoms with van der Waals surface area (Å²) < 4.78 is 1.87. The smallest absolute Gasteiger partial charge is 0.272 e. The van der Waals surface area contributed by atoms with Crippen LogP contribution in [0.4, 0.5) is 5.69 Å². The van der Waals surface area contributed by atoms with E-state index in [9.17, 15) is 9.59 Å². The number of thioether (sulfide) groups is 1. The Morgan fingerprint density at radius 1 is 1.10 bits per heavy atom. The molecular weight excluding hydrogens is 422 g/mol. The third-order valence-electron chi connectivity index (χ3n) is 5.14. The summed E-state index contributed by atoms with van der Waals surface area (Å²) in [6, 6.07) is 13.3. The number of rotatable bonds is 5. The van der Waals surface area contributed by atoms with E-state index in [1.54, 1.807) is 4.90 Å². The standard InChI is InChI=1S/C21H22ClN5O2S/c1-30-21-24-19(17-4-2-3-9-27(17)21)20(29)23-14-18(28)26-12-10-25(11-13-26)16-7-5-15(22)6-8-16/h2-9H,10-14H2,1H3,(H,23,29). The van der Waals surface area contributed by atoms with Crippen LogP contribution in [0, 0.1) is 0 Å². The van der Waals surface area contributed by atoms with Gasteiger partial charge in [0.15, 0.2) is 10.9 Å². The molecule has 1 N–H and O–H groups in total. The van der Waals surface area contributed by atoms with Crippen molar-refractivity contribution in [2.24, 2.45) is 0 Å². The summed E-state index contributed by atoms with van der Waals surface area (Å²) in [5.74, 6) is -0.431. The van der Waals surface area contributed by atoms with Gasteiger partial charge in [-0.15, -0.1) is 0 Å². The minimum absolute atomic E-state index is 0.0414. The quantitative estimate of drug-likeness (QED) is 0.614. The normalized spacial score (nSPS) is 14.2. The Morgan fingerprint density at radius 3 is 2.53 bits per heavy atom. The highest BCUT2D eigenvalue weighted by atomic mass is 35.5. The van der Waals surface area contributed by atoms with Crippen LogP contribution in [0.15, 0.2) is 53.8 Å². The number of pyridine rings is 1. The lowest BCUT2D eigenvalue weighted by Gasteiger charge is -2.36. The van der Waals surface area contributed by atoms with E-state index in [2.05, 4.69) is 15.2 Å². The fraction of sp³-hybridized carbons (Fsp3) is 0.286.